The molecule has 111 valence electrons. The van der Waals surface area contributed by atoms with Crippen LogP contribution in [0.1, 0.15) is 19.4 Å². The molecule has 0 atom stereocenters. The van der Waals surface area contributed by atoms with Crippen LogP contribution in [0.3, 0.4) is 0 Å². The Morgan fingerprint density at radius 2 is 2.19 bits per heavy atom. The summed E-state index contributed by atoms with van der Waals surface area (Å²) < 4.78 is 0. The van der Waals surface area contributed by atoms with Crippen LogP contribution in [0, 0.1) is 0 Å². The molecule has 0 aliphatic rings. The van der Waals surface area contributed by atoms with Crippen molar-refractivity contribution in [3.05, 3.63) is 35.2 Å². The van der Waals surface area contributed by atoms with Crippen LogP contribution in [0.5, 0.6) is 0 Å². The number of rotatable bonds is 6. The number of carbonyl (C=O) groups excluding carboxylic acids is 1. The van der Waals surface area contributed by atoms with Crippen molar-refractivity contribution in [2.24, 2.45) is 10.7 Å². The molecule has 0 bridgehead atoms. The van der Waals surface area contributed by atoms with Gasteiger partial charge in [0.15, 0.2) is 0 Å². The summed E-state index contributed by atoms with van der Waals surface area (Å²) in [5.74, 6) is 0. The third-order valence-corrected chi connectivity index (χ3v) is 2.83. The summed E-state index contributed by atoms with van der Waals surface area (Å²) in [7, 11) is 4.84. The zero-order valence-corrected chi connectivity index (χ0v) is 12.6. The summed E-state index contributed by atoms with van der Waals surface area (Å²) in [6.45, 7) is 3.64. The number of carbonyl (C=O) groups is 1. The highest BCUT2D eigenvalue weighted by molar-refractivity contribution is 6.49. The van der Waals surface area contributed by atoms with Crippen molar-refractivity contribution in [2.45, 2.75) is 13.8 Å². The van der Waals surface area contributed by atoms with Crippen molar-refractivity contribution < 1.29 is 9.63 Å². The molecule has 1 aromatic heterocycles. The minimum absolute atomic E-state index is 0.602. The highest BCUT2D eigenvalue weighted by Crippen LogP contribution is 2.10. The van der Waals surface area contributed by atoms with Crippen LogP contribution in [0.25, 0.3) is 0 Å². The SMILES string of the molecule is CN=C(/C(C)=C(\C)NC(N)=O)c1ccnc([B]NOC)c1. The van der Waals surface area contributed by atoms with Gasteiger partial charge in [-0.3, -0.25) is 9.98 Å². The lowest BCUT2D eigenvalue weighted by Crippen LogP contribution is -2.32. The number of nitrogens with zero attached hydrogens (tertiary/aromatic N) is 2. The maximum Gasteiger partial charge on any atom is 0.316 e. The Morgan fingerprint density at radius 3 is 2.76 bits per heavy atom. The molecule has 2 amide bonds. The van der Waals surface area contributed by atoms with Crippen molar-refractivity contribution >= 4 is 24.8 Å². The van der Waals surface area contributed by atoms with Gasteiger partial charge < -0.3 is 15.9 Å². The van der Waals surface area contributed by atoms with E-state index in [4.69, 9.17) is 10.6 Å². The van der Waals surface area contributed by atoms with Crippen molar-refractivity contribution in [1.82, 2.24) is 15.7 Å². The third kappa shape index (κ3) is 5.01. The molecule has 0 aromatic carbocycles. The van der Waals surface area contributed by atoms with E-state index in [1.165, 1.54) is 7.11 Å². The van der Waals surface area contributed by atoms with Gasteiger partial charge in [-0.15, -0.1) is 0 Å². The molecule has 4 N–H and O–H groups in total. The first-order valence-corrected chi connectivity index (χ1v) is 6.28. The van der Waals surface area contributed by atoms with Crippen LogP contribution in [0.4, 0.5) is 4.79 Å². The van der Waals surface area contributed by atoms with Crippen LogP contribution >= 0.6 is 0 Å². The second-order valence-corrected chi connectivity index (χ2v) is 4.25. The first kappa shape index (κ1) is 16.9. The van der Waals surface area contributed by atoms with E-state index in [1.54, 1.807) is 27.6 Å². The van der Waals surface area contributed by atoms with Gasteiger partial charge >= 0.3 is 13.4 Å². The van der Waals surface area contributed by atoms with Crippen LogP contribution in [-0.4, -0.2) is 38.3 Å². The molecule has 0 unspecified atom stereocenters. The lowest BCUT2D eigenvalue weighted by Gasteiger charge is -2.12. The van der Waals surface area contributed by atoms with E-state index in [0.717, 1.165) is 16.8 Å². The normalized spacial score (nSPS) is 12.7. The number of aliphatic imine (C=N–C) groups is 1. The predicted octanol–water partition coefficient (Wildman–Crippen LogP) is -0.142. The topological polar surface area (TPSA) is 102 Å². The van der Waals surface area contributed by atoms with E-state index in [2.05, 4.69) is 20.7 Å². The zero-order valence-electron chi connectivity index (χ0n) is 12.6. The average molecular weight is 288 g/mol. The van der Waals surface area contributed by atoms with Gasteiger partial charge in [0.05, 0.1) is 12.8 Å². The molecule has 0 aliphatic heterocycles. The second kappa shape index (κ2) is 8.18. The molecule has 7 nitrogen and oxygen atoms in total. The standard InChI is InChI=1S/C13H19BN5O2/c1-8(9(2)18-13(15)20)12(16-3)10-5-6-17-11(7-10)14-19-21-4/h5-7,19H,1-4H3,(H3,15,18,20)/b9-8+,16-12?. The Kier molecular flexibility index (Phi) is 6.57. The largest absolute Gasteiger partial charge is 0.351 e. The average Bonchev–Trinajstić information content (AvgIpc) is 2.45. The Bertz CT molecular complexity index is 571. The molecular formula is C13H19BN5O2. The number of allylic oxidation sites excluding steroid dienone is 2. The molecule has 0 saturated carbocycles. The summed E-state index contributed by atoms with van der Waals surface area (Å²) in [5.41, 5.74) is 8.93. The molecule has 1 rings (SSSR count). The Morgan fingerprint density at radius 1 is 1.48 bits per heavy atom. The first-order valence-electron chi connectivity index (χ1n) is 6.28. The number of nitrogens with one attached hydrogen (secondary N) is 2. The van der Waals surface area contributed by atoms with E-state index in [-0.39, 0.29) is 0 Å². The summed E-state index contributed by atoms with van der Waals surface area (Å²) >= 11 is 0. The highest BCUT2D eigenvalue weighted by atomic mass is 16.6. The first-order chi connectivity index (χ1) is 9.99. The van der Waals surface area contributed by atoms with Crippen LogP contribution in [-0.2, 0) is 4.84 Å². The molecule has 1 radical (unpaired) electrons. The number of hydrogen-bond acceptors (Lipinski definition) is 5. The van der Waals surface area contributed by atoms with Crippen molar-refractivity contribution in [3.63, 3.8) is 0 Å². The van der Waals surface area contributed by atoms with Crippen molar-refractivity contribution in [3.8, 4) is 0 Å². The lowest BCUT2D eigenvalue weighted by molar-refractivity contribution is 0.154. The fourth-order valence-electron chi connectivity index (χ4n) is 1.76. The number of urea groups is 1. The predicted molar refractivity (Wildman–Crippen MR) is 83.3 cm³/mol. The molecule has 21 heavy (non-hydrogen) atoms. The summed E-state index contributed by atoms with van der Waals surface area (Å²) in [6, 6.07) is 3.10. The number of nitrogens with two attached hydrogens (primary N) is 1. The number of amides is 2. The summed E-state index contributed by atoms with van der Waals surface area (Å²) in [5, 5.41) is 5.17. The number of hydrogen-bond donors (Lipinski definition) is 3. The van der Waals surface area contributed by atoms with Gasteiger partial charge in [0, 0.05) is 30.1 Å². The minimum atomic E-state index is -0.602. The molecule has 0 aliphatic carbocycles. The van der Waals surface area contributed by atoms with E-state index in [1.807, 2.05) is 19.1 Å². The van der Waals surface area contributed by atoms with E-state index >= 15 is 0 Å². The van der Waals surface area contributed by atoms with E-state index in [9.17, 15) is 4.79 Å². The molecule has 0 spiro atoms. The van der Waals surface area contributed by atoms with Crippen LogP contribution < -0.4 is 22.0 Å². The molecular weight excluding hydrogens is 269 g/mol. The highest BCUT2D eigenvalue weighted by Gasteiger charge is 2.10. The van der Waals surface area contributed by atoms with Crippen molar-refractivity contribution in [2.75, 3.05) is 14.2 Å². The monoisotopic (exact) mass is 288 g/mol. The van der Waals surface area contributed by atoms with Gasteiger partial charge in [0.2, 0.25) is 0 Å². The third-order valence-electron chi connectivity index (χ3n) is 2.83. The minimum Gasteiger partial charge on any atom is -0.351 e. The molecule has 1 aromatic rings. The summed E-state index contributed by atoms with van der Waals surface area (Å²) in [4.78, 5) is 24.2. The van der Waals surface area contributed by atoms with Gasteiger partial charge in [0.1, 0.15) is 0 Å². The molecule has 0 fully saturated rings. The quantitative estimate of drug-likeness (QED) is 0.385. The van der Waals surface area contributed by atoms with Gasteiger partial charge in [-0.25, -0.2) is 10.2 Å². The Hall–Kier alpha value is -2.19. The Labute approximate surface area is 124 Å². The fraction of sp³-hybridized carbons (Fsp3) is 0.308. The van der Waals surface area contributed by atoms with E-state index in [0.29, 0.717) is 11.3 Å². The van der Waals surface area contributed by atoms with Gasteiger partial charge in [-0.1, -0.05) is 0 Å². The second-order valence-electron chi connectivity index (χ2n) is 4.25. The molecule has 8 heteroatoms. The smallest absolute Gasteiger partial charge is 0.316 e. The van der Waals surface area contributed by atoms with E-state index < -0.39 is 6.03 Å². The van der Waals surface area contributed by atoms with Crippen LogP contribution in [0.15, 0.2) is 34.6 Å². The number of primary amides is 1. The number of aromatic nitrogens is 1. The molecule has 1 heterocycles. The molecule has 0 saturated heterocycles. The summed E-state index contributed by atoms with van der Waals surface area (Å²) in [6.07, 6.45) is 1.67. The van der Waals surface area contributed by atoms with Crippen molar-refractivity contribution in [1.29, 1.82) is 0 Å². The van der Waals surface area contributed by atoms with Crippen LogP contribution in [0.2, 0.25) is 0 Å². The zero-order chi connectivity index (χ0) is 15.8. The maximum atomic E-state index is 10.9. The fourth-order valence-corrected chi connectivity index (χ4v) is 1.76. The lowest BCUT2D eigenvalue weighted by atomic mass is 9.88. The number of pyridine rings is 1. The van der Waals surface area contributed by atoms with Gasteiger partial charge in [-0.2, -0.15) is 0 Å². The Balaban J connectivity index is 3.08. The van der Waals surface area contributed by atoms with Gasteiger partial charge in [0.25, 0.3) is 0 Å². The maximum absolute atomic E-state index is 10.9. The van der Waals surface area contributed by atoms with Gasteiger partial charge in [-0.05, 0) is 31.6 Å².